The summed E-state index contributed by atoms with van der Waals surface area (Å²) in [5.74, 6) is -1.93. The van der Waals surface area contributed by atoms with Gasteiger partial charge in [0.2, 0.25) is 4.96 Å². The largest absolute Gasteiger partial charge is 0.347 e. The first-order valence-electron chi connectivity index (χ1n) is 9.75. The van der Waals surface area contributed by atoms with E-state index in [0.717, 1.165) is 5.69 Å². The van der Waals surface area contributed by atoms with Crippen LogP contribution in [0.4, 0.5) is 15.8 Å². The van der Waals surface area contributed by atoms with E-state index in [-0.39, 0.29) is 23.7 Å². The van der Waals surface area contributed by atoms with Crippen LogP contribution in [0.1, 0.15) is 11.3 Å². The van der Waals surface area contributed by atoms with Crippen LogP contribution in [0.2, 0.25) is 0 Å². The SMILES string of the molecule is Cc1ccc(NC(=O)C(=O)NCCc2csc3nc(-c4cccc(F)c4)nn23)c([N+](=O)[O-])c1. The Morgan fingerprint density at radius 2 is 2.03 bits per heavy atom. The van der Waals surface area contributed by atoms with E-state index in [1.54, 1.807) is 29.6 Å². The minimum atomic E-state index is -1.01. The maximum absolute atomic E-state index is 13.5. The Morgan fingerprint density at radius 3 is 2.79 bits per heavy atom. The van der Waals surface area contributed by atoms with Crippen LogP contribution in [0.15, 0.2) is 47.8 Å². The van der Waals surface area contributed by atoms with Gasteiger partial charge in [0.25, 0.3) is 5.69 Å². The van der Waals surface area contributed by atoms with Crippen molar-refractivity contribution in [2.75, 3.05) is 11.9 Å². The summed E-state index contributed by atoms with van der Waals surface area (Å²) in [5, 5.41) is 22.1. The summed E-state index contributed by atoms with van der Waals surface area (Å²) in [4.78, 5) is 39.9. The summed E-state index contributed by atoms with van der Waals surface area (Å²) >= 11 is 1.35. The fourth-order valence-corrected chi connectivity index (χ4v) is 3.96. The van der Waals surface area contributed by atoms with Crippen LogP contribution in [0.3, 0.4) is 0 Å². The summed E-state index contributed by atoms with van der Waals surface area (Å²) in [6, 6.07) is 10.2. The van der Waals surface area contributed by atoms with Crippen LogP contribution >= 0.6 is 11.3 Å². The van der Waals surface area contributed by atoms with Crippen molar-refractivity contribution in [2.24, 2.45) is 0 Å². The first-order chi connectivity index (χ1) is 15.8. The molecular formula is C21H17FN6O4S. The molecule has 0 aliphatic rings. The number of nitro benzene ring substituents is 1. The van der Waals surface area contributed by atoms with Crippen LogP contribution in [0.25, 0.3) is 16.3 Å². The average Bonchev–Trinajstić information content (AvgIpc) is 3.36. The first kappa shape index (κ1) is 22.0. The number of hydrogen-bond donors (Lipinski definition) is 2. The number of hydrogen-bond acceptors (Lipinski definition) is 7. The molecule has 0 radical (unpaired) electrons. The van der Waals surface area contributed by atoms with Gasteiger partial charge in [-0.25, -0.2) is 8.91 Å². The number of benzene rings is 2. The smallest absolute Gasteiger partial charge is 0.313 e. The molecule has 0 spiro atoms. The zero-order chi connectivity index (χ0) is 23.5. The molecule has 33 heavy (non-hydrogen) atoms. The third kappa shape index (κ3) is 4.85. The lowest BCUT2D eigenvalue weighted by atomic mass is 10.2. The van der Waals surface area contributed by atoms with E-state index in [1.807, 2.05) is 5.38 Å². The Balaban J connectivity index is 1.38. The van der Waals surface area contributed by atoms with E-state index in [4.69, 9.17) is 0 Å². The van der Waals surface area contributed by atoms with Gasteiger partial charge in [-0.2, -0.15) is 4.98 Å². The van der Waals surface area contributed by atoms with Gasteiger partial charge in [0, 0.05) is 30.0 Å². The van der Waals surface area contributed by atoms with Crippen LogP contribution in [-0.4, -0.2) is 37.9 Å². The fraction of sp³-hybridized carbons (Fsp3) is 0.143. The molecule has 0 aliphatic heterocycles. The number of anilines is 1. The molecule has 0 fully saturated rings. The predicted molar refractivity (Wildman–Crippen MR) is 119 cm³/mol. The zero-order valence-corrected chi connectivity index (χ0v) is 18.1. The maximum Gasteiger partial charge on any atom is 0.313 e. The summed E-state index contributed by atoms with van der Waals surface area (Å²) < 4.78 is 15.1. The summed E-state index contributed by atoms with van der Waals surface area (Å²) in [6.07, 6.45) is 0.357. The van der Waals surface area contributed by atoms with E-state index in [9.17, 15) is 24.1 Å². The summed E-state index contributed by atoms with van der Waals surface area (Å²) in [6.45, 7) is 1.81. The molecule has 10 nitrogen and oxygen atoms in total. The predicted octanol–water partition coefficient (Wildman–Crippen LogP) is 3.11. The van der Waals surface area contributed by atoms with Crippen molar-refractivity contribution in [1.82, 2.24) is 19.9 Å². The van der Waals surface area contributed by atoms with E-state index >= 15 is 0 Å². The second kappa shape index (κ2) is 9.12. The Bertz CT molecular complexity index is 1380. The highest BCUT2D eigenvalue weighted by Crippen LogP contribution is 2.25. The number of amides is 2. The molecular weight excluding hydrogens is 451 g/mol. The maximum atomic E-state index is 13.5. The normalized spacial score (nSPS) is 10.8. The van der Waals surface area contributed by atoms with Crippen molar-refractivity contribution in [2.45, 2.75) is 13.3 Å². The number of nitrogens with one attached hydrogen (secondary N) is 2. The van der Waals surface area contributed by atoms with Gasteiger partial charge in [-0.1, -0.05) is 18.2 Å². The minimum Gasteiger partial charge on any atom is -0.347 e. The second-order valence-corrected chi connectivity index (χ2v) is 7.94. The van der Waals surface area contributed by atoms with E-state index in [2.05, 4.69) is 20.7 Å². The lowest BCUT2D eigenvalue weighted by molar-refractivity contribution is -0.384. The molecule has 0 unspecified atom stereocenters. The Morgan fingerprint density at radius 1 is 1.21 bits per heavy atom. The summed E-state index contributed by atoms with van der Waals surface area (Å²) in [7, 11) is 0. The van der Waals surface area contributed by atoms with Crippen molar-refractivity contribution < 1.29 is 18.9 Å². The van der Waals surface area contributed by atoms with E-state index in [1.165, 1.54) is 35.6 Å². The summed E-state index contributed by atoms with van der Waals surface area (Å²) in [5.41, 5.74) is 1.60. The van der Waals surface area contributed by atoms with E-state index in [0.29, 0.717) is 28.3 Å². The Kier molecular flexibility index (Phi) is 6.09. The van der Waals surface area contributed by atoms with Gasteiger partial charge in [-0.05, 0) is 30.7 Å². The number of carbonyl (C=O) groups is 2. The lowest BCUT2D eigenvalue weighted by Gasteiger charge is -2.07. The minimum absolute atomic E-state index is 0.0576. The lowest BCUT2D eigenvalue weighted by Crippen LogP contribution is -2.36. The number of nitro groups is 1. The number of aryl methyl sites for hydroxylation is 1. The molecule has 2 aromatic heterocycles. The Labute approximate surface area is 190 Å². The quantitative estimate of drug-likeness (QED) is 0.254. The van der Waals surface area contributed by atoms with Gasteiger partial charge in [0.15, 0.2) is 5.82 Å². The molecule has 0 saturated heterocycles. The van der Waals surface area contributed by atoms with Crippen molar-refractivity contribution in [3.05, 3.63) is 75.0 Å². The van der Waals surface area contributed by atoms with Gasteiger partial charge in [0.05, 0.1) is 10.6 Å². The number of aromatic nitrogens is 3. The molecule has 12 heteroatoms. The van der Waals surface area contributed by atoms with Gasteiger partial charge in [0.1, 0.15) is 11.5 Å². The number of carbonyl (C=O) groups excluding carboxylic acids is 2. The molecule has 4 aromatic rings. The van der Waals surface area contributed by atoms with Gasteiger partial charge < -0.3 is 10.6 Å². The monoisotopic (exact) mass is 468 g/mol. The van der Waals surface area contributed by atoms with Gasteiger partial charge in [-0.15, -0.1) is 16.4 Å². The third-order valence-corrected chi connectivity index (χ3v) is 5.57. The average molecular weight is 468 g/mol. The standard InChI is InChI=1S/C21H17FN6O4S/c1-12-5-6-16(17(9-12)28(31)32)24-20(30)19(29)23-8-7-15-11-33-21-25-18(26-27(15)21)13-3-2-4-14(22)10-13/h2-6,9-11H,7-8H2,1H3,(H,23,29)(H,24,30). The molecule has 0 bridgehead atoms. The Hall–Kier alpha value is -4.19. The van der Waals surface area contributed by atoms with Crippen LogP contribution < -0.4 is 10.6 Å². The molecule has 168 valence electrons. The van der Waals surface area contributed by atoms with Crippen LogP contribution in [0.5, 0.6) is 0 Å². The van der Waals surface area contributed by atoms with Gasteiger partial charge >= 0.3 is 11.8 Å². The number of thiazole rings is 1. The number of halogens is 1. The molecule has 4 rings (SSSR count). The topological polar surface area (TPSA) is 132 Å². The molecule has 2 N–H and O–H groups in total. The molecule has 2 heterocycles. The zero-order valence-electron chi connectivity index (χ0n) is 17.2. The molecule has 2 aromatic carbocycles. The highest BCUT2D eigenvalue weighted by molar-refractivity contribution is 7.15. The highest BCUT2D eigenvalue weighted by atomic mass is 32.1. The fourth-order valence-electron chi connectivity index (χ4n) is 3.11. The second-order valence-electron chi connectivity index (χ2n) is 7.10. The molecule has 0 atom stereocenters. The number of fused-ring (bicyclic) bond motifs is 1. The first-order valence-corrected chi connectivity index (χ1v) is 10.6. The molecule has 2 amide bonds. The van der Waals surface area contributed by atoms with Crippen molar-refractivity contribution in [3.8, 4) is 11.4 Å². The third-order valence-electron chi connectivity index (χ3n) is 4.70. The van der Waals surface area contributed by atoms with Crippen LogP contribution in [0, 0.1) is 22.9 Å². The molecule has 0 saturated carbocycles. The van der Waals surface area contributed by atoms with E-state index < -0.39 is 16.7 Å². The van der Waals surface area contributed by atoms with Crippen molar-refractivity contribution in [1.29, 1.82) is 0 Å². The van der Waals surface area contributed by atoms with Crippen molar-refractivity contribution >= 4 is 39.5 Å². The molecule has 0 aliphatic carbocycles. The highest BCUT2D eigenvalue weighted by Gasteiger charge is 2.20. The number of rotatable bonds is 6. The van der Waals surface area contributed by atoms with Crippen molar-refractivity contribution in [3.63, 3.8) is 0 Å². The van der Waals surface area contributed by atoms with Crippen LogP contribution in [-0.2, 0) is 16.0 Å². The number of nitrogens with zero attached hydrogens (tertiary/aromatic N) is 4. The van der Waals surface area contributed by atoms with Gasteiger partial charge in [-0.3, -0.25) is 19.7 Å².